The van der Waals surface area contributed by atoms with Gasteiger partial charge in [0, 0.05) is 0 Å². The van der Waals surface area contributed by atoms with Crippen molar-refractivity contribution in [1.82, 2.24) is 0 Å². The van der Waals surface area contributed by atoms with E-state index < -0.39 is 17.4 Å². The van der Waals surface area contributed by atoms with E-state index in [0.717, 1.165) is 0 Å². The molecule has 2 fully saturated rings. The van der Waals surface area contributed by atoms with Crippen LogP contribution in [0.5, 0.6) is 0 Å². The molecule has 4 aliphatic rings. The van der Waals surface area contributed by atoms with E-state index in [9.17, 15) is 0 Å². The zero-order chi connectivity index (χ0) is 42.7. The van der Waals surface area contributed by atoms with Crippen LogP contribution in [0.4, 0.5) is 0 Å². The molecule has 0 spiro atoms. The predicted octanol–water partition coefficient (Wildman–Crippen LogP) is 17.9. The Morgan fingerprint density at radius 3 is 1.16 bits per heavy atom. The summed E-state index contributed by atoms with van der Waals surface area (Å²) in [6.45, 7) is 21.6. The fourth-order valence-electron chi connectivity index (χ4n) is 13.2. The summed E-state index contributed by atoms with van der Waals surface area (Å²) < 4.78 is 6.90. The molecule has 2 atom stereocenters. The number of allylic oxidation sites excluding steroid dienone is 2. The summed E-state index contributed by atoms with van der Waals surface area (Å²) in [6.07, 6.45) is 24.7. The topological polar surface area (TPSA) is 0 Å². The Morgan fingerprint density at radius 1 is 0.516 bits per heavy atom. The molecule has 8 rings (SSSR count). The SMILES string of the molecule is CCC1(CC2=Cc3c(-c4ccc(C(C)(C)C)cc4)cccc3[CH]2[Zr]([CH3])([CH3])(=[SiH2])[CH]2C(CC3(CC)CCCCC3)=Cc3c(-c4ccc(C(C)(C)C)cc4)cccc32)CCCCC1.Cl.Cl. The number of hydrogen-bond donors (Lipinski definition) is 0. The molecular formula is C58H80Cl2SiZr. The van der Waals surface area contributed by atoms with Crippen molar-refractivity contribution in [2.24, 2.45) is 10.8 Å². The molecule has 62 heavy (non-hydrogen) atoms. The molecule has 0 amide bonds. The molecule has 0 radical (unpaired) electrons. The third-order valence-electron chi connectivity index (χ3n) is 16.8. The van der Waals surface area contributed by atoms with E-state index in [0.29, 0.717) is 18.1 Å². The van der Waals surface area contributed by atoms with E-state index >= 15 is 0 Å². The maximum absolute atomic E-state index is 3.98. The number of benzene rings is 4. The summed E-state index contributed by atoms with van der Waals surface area (Å²) in [5.41, 5.74) is 19.5. The zero-order valence-electron chi connectivity index (χ0n) is 40.3. The van der Waals surface area contributed by atoms with Crippen molar-refractivity contribution in [3.05, 3.63) is 129 Å². The van der Waals surface area contributed by atoms with Crippen LogP contribution in [-0.4, -0.2) is 6.88 Å². The van der Waals surface area contributed by atoms with Gasteiger partial charge in [-0.3, -0.25) is 0 Å². The first-order valence-corrected chi connectivity index (χ1v) is 38.0. The van der Waals surface area contributed by atoms with Gasteiger partial charge >= 0.3 is 372 Å². The Balaban J connectivity index is 0.00000321. The van der Waals surface area contributed by atoms with Gasteiger partial charge < -0.3 is 0 Å². The largest absolute Gasteiger partial charge is 0.147 e. The number of hydrogen-bond acceptors (Lipinski definition) is 0. The van der Waals surface area contributed by atoms with Gasteiger partial charge in [0.15, 0.2) is 0 Å². The van der Waals surface area contributed by atoms with Crippen molar-refractivity contribution >= 4 is 43.8 Å². The second kappa shape index (κ2) is 18.4. The van der Waals surface area contributed by atoms with Gasteiger partial charge in [0.1, 0.15) is 0 Å². The van der Waals surface area contributed by atoms with Gasteiger partial charge in [-0.2, -0.15) is 0 Å². The van der Waals surface area contributed by atoms with Crippen molar-refractivity contribution in [3.8, 4) is 22.3 Å². The molecule has 4 aliphatic carbocycles. The molecule has 0 nitrogen and oxygen atoms in total. The molecule has 4 heteroatoms. The molecule has 4 aromatic carbocycles. The van der Waals surface area contributed by atoms with Gasteiger partial charge in [0.2, 0.25) is 0 Å². The standard InChI is InChI=1S/2C28H35.2CH3.2ClH.H2Si.Zr/c2*1-5-28(16-7-6-8-17-28)20-21-18-23-10-9-11-25(26(23)19-21)22-12-14-24(15-13-22)27(2,3)4;;;;;;/h2*9-15,18-19H,5-8,16-17,20H2,1-4H3;2*1H3;2*1H;1H2;. The molecule has 2 saturated carbocycles. The van der Waals surface area contributed by atoms with E-state index in [1.807, 2.05) is 0 Å². The van der Waals surface area contributed by atoms with Gasteiger partial charge in [0.25, 0.3) is 0 Å². The summed E-state index contributed by atoms with van der Waals surface area (Å²) in [7, 11) is 0. The van der Waals surface area contributed by atoms with Crippen LogP contribution in [0.15, 0.2) is 96.1 Å². The summed E-state index contributed by atoms with van der Waals surface area (Å²) >= 11 is -3.98. The molecule has 0 N–H and O–H groups in total. The normalized spacial score (nSPS) is 20.9. The van der Waals surface area contributed by atoms with Crippen LogP contribution in [0.1, 0.15) is 186 Å². The fraction of sp³-hybridized carbons (Fsp3) is 0.517. The molecule has 0 aliphatic heterocycles. The molecule has 0 bridgehead atoms. The Bertz CT molecular complexity index is 2180. The first-order valence-electron chi connectivity index (χ1n) is 24.3. The third kappa shape index (κ3) is 9.36. The molecule has 334 valence electrons. The van der Waals surface area contributed by atoms with E-state index in [1.54, 1.807) is 22.3 Å². The summed E-state index contributed by atoms with van der Waals surface area (Å²) in [4.78, 5) is 0. The van der Waals surface area contributed by atoms with Crippen LogP contribution in [-0.2, 0) is 28.2 Å². The van der Waals surface area contributed by atoms with Crippen LogP contribution in [0.25, 0.3) is 34.4 Å². The number of rotatable bonds is 10. The van der Waals surface area contributed by atoms with Gasteiger partial charge in [-0.05, 0) is 0 Å². The van der Waals surface area contributed by atoms with Crippen LogP contribution >= 0.6 is 24.8 Å². The predicted molar refractivity (Wildman–Crippen MR) is 278 cm³/mol. The monoisotopic (exact) mass is 964 g/mol. The van der Waals surface area contributed by atoms with Crippen molar-refractivity contribution in [2.75, 3.05) is 0 Å². The van der Waals surface area contributed by atoms with Crippen molar-refractivity contribution in [2.45, 2.75) is 173 Å². The molecular weight excluding hydrogens is 887 g/mol. The zero-order valence-corrected chi connectivity index (χ0v) is 45.8. The Morgan fingerprint density at radius 2 is 0.855 bits per heavy atom. The average molecular weight is 967 g/mol. The van der Waals surface area contributed by atoms with E-state index in [1.165, 1.54) is 134 Å². The second-order valence-electron chi connectivity index (χ2n) is 23.7. The minimum absolute atomic E-state index is 0. The van der Waals surface area contributed by atoms with E-state index in [2.05, 4.69) is 169 Å². The molecule has 0 saturated heterocycles. The first-order chi connectivity index (χ1) is 28.4. The van der Waals surface area contributed by atoms with Crippen molar-refractivity contribution in [1.29, 1.82) is 0 Å². The molecule has 4 aromatic rings. The number of fused-ring (bicyclic) bond motifs is 2. The van der Waals surface area contributed by atoms with Crippen LogP contribution in [0.3, 0.4) is 0 Å². The van der Waals surface area contributed by atoms with E-state index in [-0.39, 0.29) is 35.6 Å². The van der Waals surface area contributed by atoms with Gasteiger partial charge in [-0.15, -0.1) is 24.8 Å². The van der Waals surface area contributed by atoms with Crippen molar-refractivity contribution < 1.29 is 17.4 Å². The quantitative estimate of drug-likeness (QED) is 0.139. The molecule has 0 heterocycles. The molecule has 2 unspecified atom stereocenters. The fourth-order valence-corrected chi connectivity index (χ4v) is 32.9. The third-order valence-corrected chi connectivity index (χ3v) is 34.3. The Kier molecular flexibility index (Phi) is 14.7. The van der Waals surface area contributed by atoms with Crippen molar-refractivity contribution in [3.63, 3.8) is 0 Å². The minimum Gasteiger partial charge on any atom is -0.147 e. The van der Waals surface area contributed by atoms with Crippen LogP contribution < -0.4 is 0 Å². The van der Waals surface area contributed by atoms with Crippen LogP contribution in [0.2, 0.25) is 9.26 Å². The van der Waals surface area contributed by atoms with E-state index in [4.69, 9.17) is 0 Å². The second-order valence-corrected chi connectivity index (χ2v) is 54.2. The maximum atomic E-state index is 2.93. The van der Waals surface area contributed by atoms with Gasteiger partial charge in [0.05, 0.1) is 0 Å². The Labute approximate surface area is 393 Å². The smallest absolute Gasteiger partial charge is 0.147 e. The molecule has 0 aromatic heterocycles. The van der Waals surface area contributed by atoms with Crippen LogP contribution in [0, 0.1) is 10.8 Å². The van der Waals surface area contributed by atoms with Gasteiger partial charge in [-0.25, -0.2) is 0 Å². The summed E-state index contributed by atoms with van der Waals surface area (Å²) in [5.74, 6) is 0. The first kappa shape index (κ1) is 49.5. The Hall–Kier alpha value is -1.96. The maximum Gasteiger partial charge on any atom is -0.147 e. The average Bonchev–Trinajstić information content (AvgIpc) is 3.80. The summed E-state index contributed by atoms with van der Waals surface area (Å²) in [6, 6.07) is 34.1. The van der Waals surface area contributed by atoms with Gasteiger partial charge in [-0.1, -0.05) is 0 Å². The number of halogens is 2. The summed E-state index contributed by atoms with van der Waals surface area (Å²) in [5, 5.41) is 0. The minimum atomic E-state index is -3.98.